The summed E-state index contributed by atoms with van der Waals surface area (Å²) in [5, 5.41) is 0. The summed E-state index contributed by atoms with van der Waals surface area (Å²) in [5.41, 5.74) is 0.379. The van der Waals surface area contributed by atoms with Crippen molar-refractivity contribution in [3.63, 3.8) is 0 Å². The lowest BCUT2D eigenvalue weighted by Crippen LogP contribution is -2.28. The van der Waals surface area contributed by atoms with Crippen molar-refractivity contribution in [2.75, 3.05) is 24.6 Å². The van der Waals surface area contributed by atoms with Crippen molar-refractivity contribution in [3.8, 4) is 5.75 Å². The zero-order valence-electron chi connectivity index (χ0n) is 14.9. The Kier molecular flexibility index (Phi) is 9.50. The van der Waals surface area contributed by atoms with Gasteiger partial charge in [-0.2, -0.15) is 0 Å². The minimum atomic E-state index is -2.96. The molecule has 0 N–H and O–H groups in total. The summed E-state index contributed by atoms with van der Waals surface area (Å²) in [6, 6.07) is 6.29. The van der Waals surface area contributed by atoms with Gasteiger partial charge in [0.1, 0.15) is 5.75 Å². The second-order valence-corrected chi connectivity index (χ2v) is 6.51. The van der Waals surface area contributed by atoms with E-state index in [1.807, 2.05) is 0 Å². The second-order valence-electron chi connectivity index (χ2n) is 5.64. The Hall–Kier alpha value is -1.74. The van der Waals surface area contributed by atoms with Gasteiger partial charge in [0.2, 0.25) is 5.92 Å². The van der Waals surface area contributed by atoms with Crippen LogP contribution in [0.2, 0.25) is 0 Å². The maximum absolute atomic E-state index is 13.9. The molecule has 0 spiro atoms. The molecular weight excluding hydrogens is 368 g/mol. The third-order valence-electron chi connectivity index (χ3n) is 3.67. The van der Waals surface area contributed by atoms with Gasteiger partial charge in [0.25, 0.3) is 0 Å². The lowest BCUT2D eigenvalue weighted by molar-refractivity contribution is -0.143. The first-order valence-corrected chi connectivity index (χ1v) is 9.36. The number of alkyl halides is 2. The number of halogens is 2. The number of nitrogens with zero attached hydrogens (tertiary/aromatic N) is 1. The van der Waals surface area contributed by atoms with Crippen molar-refractivity contribution in [1.82, 2.24) is 0 Å². The smallest absolute Gasteiger partial charge is 0.305 e. The summed E-state index contributed by atoms with van der Waals surface area (Å²) < 4.78 is 61.2. The number of carbonyl (C=O) groups excluding carboxylic acids is 1. The van der Waals surface area contributed by atoms with Crippen LogP contribution in [0.3, 0.4) is 0 Å². The first-order valence-electron chi connectivity index (χ1n) is 8.33. The van der Waals surface area contributed by atoms with Gasteiger partial charge in [0.15, 0.2) is 0 Å². The van der Waals surface area contributed by atoms with Crippen LogP contribution in [0.4, 0.5) is 14.5 Å². The number of hydrogen-bond donors (Lipinski definition) is 0. The van der Waals surface area contributed by atoms with Crippen molar-refractivity contribution < 1.29 is 31.8 Å². The molecule has 1 aromatic carbocycles. The van der Waals surface area contributed by atoms with E-state index in [0.29, 0.717) is 11.4 Å². The molecule has 9 heteroatoms. The number of anilines is 1. The molecule has 0 aliphatic heterocycles. The van der Waals surface area contributed by atoms with E-state index in [4.69, 9.17) is 9.47 Å². The van der Waals surface area contributed by atoms with Crippen LogP contribution in [0.1, 0.15) is 39.0 Å². The van der Waals surface area contributed by atoms with E-state index in [1.165, 1.54) is 7.11 Å². The molecule has 148 valence electrons. The summed E-state index contributed by atoms with van der Waals surface area (Å²) >= 11 is -2.57. The van der Waals surface area contributed by atoms with Crippen LogP contribution in [-0.4, -0.2) is 40.9 Å². The Morgan fingerprint density at radius 3 is 2.38 bits per heavy atom. The van der Waals surface area contributed by atoms with E-state index >= 15 is 0 Å². The molecule has 1 aromatic rings. The predicted molar refractivity (Wildman–Crippen MR) is 93.9 cm³/mol. The van der Waals surface area contributed by atoms with E-state index in [1.54, 1.807) is 31.2 Å². The molecule has 0 saturated heterocycles. The molecule has 0 radical (unpaired) electrons. The van der Waals surface area contributed by atoms with Crippen molar-refractivity contribution >= 4 is 22.9 Å². The highest BCUT2D eigenvalue weighted by atomic mass is 32.2. The maximum atomic E-state index is 13.9. The van der Waals surface area contributed by atoms with E-state index in [9.17, 15) is 22.3 Å². The molecule has 0 amide bonds. The number of benzene rings is 1. The van der Waals surface area contributed by atoms with Gasteiger partial charge in [-0.05, 0) is 44.0 Å². The monoisotopic (exact) mass is 392 g/mol. The number of hydrogen-bond acceptors (Lipinski definition) is 5. The highest BCUT2D eigenvalue weighted by Gasteiger charge is 2.28. The lowest BCUT2D eigenvalue weighted by Gasteiger charge is -2.27. The zero-order valence-corrected chi connectivity index (χ0v) is 15.7. The van der Waals surface area contributed by atoms with Crippen LogP contribution in [0.5, 0.6) is 5.75 Å². The highest BCUT2D eigenvalue weighted by Crippen LogP contribution is 2.28. The van der Waals surface area contributed by atoms with Gasteiger partial charge in [-0.1, -0.05) is 0 Å². The van der Waals surface area contributed by atoms with Gasteiger partial charge in [-0.25, -0.2) is 8.78 Å². The van der Waals surface area contributed by atoms with Crippen molar-refractivity contribution in [3.05, 3.63) is 24.3 Å². The molecule has 1 unspecified atom stereocenters. The Bertz CT molecular complexity index is 583. The standard InChI is InChI=1S/C17H25F2NO5S/c1-3-25-16(21)6-4-11-17(18,19)12-5-13-20(26(22)23)14-7-9-15(24-2)10-8-14/h7-10H,3-6,11-13H2,1-2H3,(H,22,23)/p-1. The fourth-order valence-corrected chi connectivity index (χ4v) is 2.94. The summed E-state index contributed by atoms with van der Waals surface area (Å²) in [6.45, 7) is 1.82. The van der Waals surface area contributed by atoms with E-state index in [0.717, 1.165) is 4.31 Å². The largest absolute Gasteiger partial charge is 0.755 e. The third kappa shape index (κ3) is 8.09. The minimum Gasteiger partial charge on any atom is -0.755 e. The molecule has 0 bridgehead atoms. The Morgan fingerprint density at radius 1 is 1.23 bits per heavy atom. The molecule has 0 aliphatic carbocycles. The lowest BCUT2D eigenvalue weighted by atomic mass is 10.1. The van der Waals surface area contributed by atoms with Crippen molar-refractivity contribution in [1.29, 1.82) is 0 Å². The molecule has 0 aromatic heterocycles. The fourth-order valence-electron chi connectivity index (χ4n) is 2.37. The first-order chi connectivity index (χ1) is 12.3. The van der Waals surface area contributed by atoms with E-state index in [2.05, 4.69) is 0 Å². The Labute approximate surface area is 154 Å². The molecule has 6 nitrogen and oxygen atoms in total. The van der Waals surface area contributed by atoms with Gasteiger partial charge < -0.3 is 18.3 Å². The number of rotatable bonds is 12. The van der Waals surface area contributed by atoms with Crippen LogP contribution in [0.25, 0.3) is 0 Å². The third-order valence-corrected chi connectivity index (χ3v) is 4.43. The molecule has 26 heavy (non-hydrogen) atoms. The summed E-state index contributed by atoms with van der Waals surface area (Å²) in [6.07, 6.45) is -0.922. The SMILES string of the molecule is CCOC(=O)CCCC(F)(F)CCCN(c1ccc(OC)cc1)S(=O)[O-]. The van der Waals surface area contributed by atoms with Crippen LogP contribution >= 0.6 is 0 Å². The first kappa shape index (κ1) is 22.3. The second kappa shape index (κ2) is 11.1. The predicted octanol–water partition coefficient (Wildman–Crippen LogP) is 3.44. The molecular formula is C17H24F2NO5S-. The molecule has 0 heterocycles. The van der Waals surface area contributed by atoms with E-state index in [-0.39, 0.29) is 32.4 Å². The van der Waals surface area contributed by atoms with Crippen LogP contribution in [0, 0.1) is 0 Å². The number of methoxy groups -OCH3 is 1. The number of ether oxygens (including phenoxy) is 2. The topological polar surface area (TPSA) is 78.9 Å². The van der Waals surface area contributed by atoms with Crippen molar-refractivity contribution in [2.45, 2.75) is 45.0 Å². The van der Waals surface area contributed by atoms with Crippen LogP contribution in [0.15, 0.2) is 24.3 Å². The molecule has 0 aliphatic rings. The maximum Gasteiger partial charge on any atom is 0.305 e. The Morgan fingerprint density at radius 2 is 1.85 bits per heavy atom. The molecule has 0 fully saturated rings. The van der Waals surface area contributed by atoms with Gasteiger partial charge >= 0.3 is 5.97 Å². The van der Waals surface area contributed by atoms with Gasteiger partial charge in [0, 0.05) is 42.8 Å². The Balaban J connectivity index is 2.48. The summed E-state index contributed by atoms with van der Waals surface area (Å²) in [7, 11) is 1.49. The van der Waals surface area contributed by atoms with Gasteiger partial charge in [-0.3, -0.25) is 9.00 Å². The van der Waals surface area contributed by atoms with Gasteiger partial charge in [-0.15, -0.1) is 0 Å². The normalized spacial score (nSPS) is 12.5. The molecule has 0 saturated carbocycles. The van der Waals surface area contributed by atoms with Gasteiger partial charge in [0.05, 0.1) is 13.7 Å². The molecule has 1 atom stereocenters. The zero-order chi connectivity index (χ0) is 19.6. The summed E-state index contributed by atoms with van der Waals surface area (Å²) in [5.74, 6) is -2.88. The minimum absolute atomic E-state index is 0.00752. The average molecular weight is 392 g/mol. The number of carbonyl (C=O) groups is 1. The quantitative estimate of drug-likeness (QED) is 0.402. The van der Waals surface area contributed by atoms with Crippen LogP contribution < -0.4 is 9.04 Å². The summed E-state index contributed by atoms with van der Waals surface area (Å²) in [4.78, 5) is 11.2. The number of esters is 1. The van der Waals surface area contributed by atoms with E-state index < -0.39 is 36.0 Å². The van der Waals surface area contributed by atoms with Crippen molar-refractivity contribution in [2.24, 2.45) is 0 Å². The molecule has 1 rings (SSSR count). The fraction of sp³-hybridized carbons (Fsp3) is 0.588. The average Bonchev–Trinajstić information content (AvgIpc) is 2.58. The van der Waals surface area contributed by atoms with Crippen LogP contribution in [-0.2, 0) is 20.8 Å². The highest BCUT2D eigenvalue weighted by molar-refractivity contribution is 7.80.